The smallest absolute Gasteiger partial charge is 0.216 e. The van der Waals surface area contributed by atoms with Gasteiger partial charge >= 0.3 is 0 Å². The zero-order valence-electron chi connectivity index (χ0n) is 9.53. The molecule has 2 heterocycles. The van der Waals surface area contributed by atoms with Gasteiger partial charge in [-0.2, -0.15) is 0 Å². The molecule has 1 aliphatic heterocycles. The third-order valence-electron chi connectivity index (χ3n) is 3.00. The summed E-state index contributed by atoms with van der Waals surface area (Å²) in [5.74, 6) is -0.0397. The average Bonchev–Trinajstić information content (AvgIpc) is 2.65. The Morgan fingerprint density at radius 1 is 1.24 bits per heavy atom. The lowest BCUT2D eigenvalue weighted by atomic mass is 9.68. The second-order valence-electron chi connectivity index (χ2n) is 4.26. The first-order valence-electron chi connectivity index (χ1n) is 5.58. The van der Waals surface area contributed by atoms with Crippen LogP contribution >= 0.6 is 0 Å². The van der Waals surface area contributed by atoms with Gasteiger partial charge in [0.2, 0.25) is 7.85 Å². The number of nitrogens with zero attached hydrogens (tertiary/aromatic N) is 1. The Morgan fingerprint density at radius 3 is 2.88 bits per heavy atom. The van der Waals surface area contributed by atoms with Crippen molar-refractivity contribution in [2.45, 2.75) is 0 Å². The predicted molar refractivity (Wildman–Crippen MR) is 73.7 cm³/mol. The summed E-state index contributed by atoms with van der Waals surface area (Å²) in [6, 6.07) is 8.08. The molecule has 1 aromatic carbocycles. The van der Waals surface area contributed by atoms with Gasteiger partial charge in [-0.1, -0.05) is 17.0 Å². The summed E-state index contributed by atoms with van der Waals surface area (Å²) in [7, 11) is 2.41. The molecule has 0 aliphatic carbocycles. The Bertz CT molecular complexity index is 613. The highest BCUT2D eigenvalue weighted by Crippen LogP contribution is 2.21. The third kappa shape index (κ3) is 1.73. The van der Waals surface area contributed by atoms with Crippen LogP contribution in [0, 0.1) is 0 Å². The zero-order valence-corrected chi connectivity index (χ0v) is 9.53. The highest BCUT2D eigenvalue weighted by atomic mass is 16.1. The molecule has 0 atom stereocenters. The Kier molecular flexibility index (Phi) is 2.25. The summed E-state index contributed by atoms with van der Waals surface area (Å²) in [6.45, 7) is 0. The van der Waals surface area contributed by atoms with Gasteiger partial charge in [0, 0.05) is 18.1 Å². The third-order valence-corrected chi connectivity index (χ3v) is 3.00. The van der Waals surface area contributed by atoms with E-state index in [1.54, 1.807) is 0 Å². The first-order valence-corrected chi connectivity index (χ1v) is 5.58. The number of hydrogen-bond acceptors (Lipinski definition) is 2. The fraction of sp³-hybridized carbons (Fsp3) is 0. The molecule has 80 valence electrons. The van der Waals surface area contributed by atoms with E-state index in [9.17, 15) is 4.79 Å². The maximum absolute atomic E-state index is 11.0. The highest BCUT2D eigenvalue weighted by molar-refractivity contribution is 6.73. The zero-order chi connectivity index (χ0) is 11.8. The van der Waals surface area contributed by atoms with Crippen molar-refractivity contribution in [3.63, 3.8) is 0 Å². The molecule has 1 amide bonds. The van der Waals surface area contributed by atoms with Crippen molar-refractivity contribution in [3.8, 4) is 11.1 Å². The largest absolute Gasteiger partial charge is 0.336 e. The summed E-state index contributed by atoms with van der Waals surface area (Å²) < 4.78 is 0. The predicted octanol–water partition coefficient (Wildman–Crippen LogP) is -0.386. The van der Waals surface area contributed by atoms with Crippen molar-refractivity contribution in [2.24, 2.45) is 0 Å². The van der Waals surface area contributed by atoms with E-state index in [1.807, 2.05) is 30.6 Å². The van der Waals surface area contributed by atoms with Crippen LogP contribution in [0.25, 0.3) is 11.1 Å². The molecule has 1 N–H and O–H groups in total. The monoisotopic (exact) mass is 220 g/mol. The van der Waals surface area contributed by atoms with Gasteiger partial charge in [-0.05, 0) is 29.3 Å². The molecule has 0 fully saturated rings. The van der Waals surface area contributed by atoms with Gasteiger partial charge in [0.1, 0.15) is 0 Å². The second kappa shape index (κ2) is 3.77. The summed E-state index contributed by atoms with van der Waals surface area (Å²) in [4.78, 5) is 15.2. The molecule has 0 saturated carbocycles. The molecule has 2 aromatic rings. The summed E-state index contributed by atoms with van der Waals surface area (Å²) >= 11 is 0. The van der Waals surface area contributed by atoms with Gasteiger partial charge in [-0.15, -0.1) is 0 Å². The topological polar surface area (TPSA) is 42.0 Å². The van der Waals surface area contributed by atoms with Crippen LogP contribution in [-0.2, 0) is 0 Å². The van der Waals surface area contributed by atoms with Crippen LogP contribution in [0.2, 0.25) is 0 Å². The molecule has 0 radical (unpaired) electrons. The van der Waals surface area contributed by atoms with Crippen molar-refractivity contribution < 1.29 is 4.79 Å². The van der Waals surface area contributed by atoms with Crippen LogP contribution < -0.4 is 16.2 Å². The summed E-state index contributed by atoms with van der Waals surface area (Å²) in [5, 5.41) is 2.81. The molecular formula is C12H10B2N2O. The molecule has 0 spiro atoms. The number of aromatic nitrogens is 1. The van der Waals surface area contributed by atoms with E-state index in [0.29, 0.717) is 0 Å². The normalized spacial score (nSPS) is 11.3. The van der Waals surface area contributed by atoms with Crippen LogP contribution in [-0.4, -0.2) is 25.9 Å². The van der Waals surface area contributed by atoms with Crippen LogP contribution in [0.1, 0.15) is 0 Å². The molecule has 3 rings (SSSR count). The number of benzene rings is 1. The first kappa shape index (κ1) is 10.1. The van der Waals surface area contributed by atoms with Crippen LogP contribution in [0.3, 0.4) is 0 Å². The first-order chi connectivity index (χ1) is 8.24. The average molecular weight is 220 g/mol. The van der Waals surface area contributed by atoms with Crippen molar-refractivity contribution in [1.29, 1.82) is 0 Å². The molecule has 0 bridgehead atoms. The van der Waals surface area contributed by atoms with E-state index in [0.717, 1.165) is 13.0 Å². The molecule has 0 unspecified atom stereocenters. The number of carbonyl (C=O) groups excluding carboxylic acids is 1. The number of rotatable bonds is 1. The molecule has 1 aliphatic rings. The minimum atomic E-state index is -0.0397. The van der Waals surface area contributed by atoms with Crippen LogP contribution in [0.15, 0.2) is 36.7 Å². The van der Waals surface area contributed by atoms with E-state index < -0.39 is 0 Å². The maximum atomic E-state index is 11.0. The van der Waals surface area contributed by atoms with Crippen molar-refractivity contribution >= 4 is 37.5 Å². The standard InChI is InChI=1S/C12H10B2N2O/c13-12(17)16-7-1-2-8-9-3-4-15-6-11(9)14-10(8)5-7/h1-6,14H,13H2,(H,16,17). The Morgan fingerprint density at radius 2 is 2.06 bits per heavy atom. The number of anilines is 1. The van der Waals surface area contributed by atoms with Gasteiger partial charge in [-0.25, -0.2) is 0 Å². The lowest BCUT2D eigenvalue weighted by molar-refractivity contribution is 0.269. The van der Waals surface area contributed by atoms with Gasteiger partial charge in [0.15, 0.2) is 13.1 Å². The van der Waals surface area contributed by atoms with Crippen molar-refractivity contribution in [1.82, 2.24) is 4.98 Å². The Hall–Kier alpha value is -2.03. The lowest BCUT2D eigenvalue weighted by Crippen LogP contribution is -2.21. The molecule has 5 heteroatoms. The number of carbonyl (C=O) groups is 1. The number of amides is 1. The van der Waals surface area contributed by atoms with E-state index in [4.69, 9.17) is 0 Å². The van der Waals surface area contributed by atoms with Gasteiger partial charge in [-0.3, -0.25) is 9.78 Å². The Balaban J connectivity index is 2.04. The highest BCUT2D eigenvalue weighted by Gasteiger charge is 2.19. The maximum Gasteiger partial charge on any atom is 0.216 e. The van der Waals surface area contributed by atoms with Gasteiger partial charge < -0.3 is 5.32 Å². The van der Waals surface area contributed by atoms with Crippen molar-refractivity contribution in [3.05, 3.63) is 36.7 Å². The second-order valence-corrected chi connectivity index (χ2v) is 4.26. The number of fused-ring (bicyclic) bond motifs is 3. The summed E-state index contributed by atoms with van der Waals surface area (Å²) in [5.41, 5.74) is 5.86. The number of nitrogens with one attached hydrogen (secondary N) is 1. The fourth-order valence-electron chi connectivity index (χ4n) is 2.32. The summed E-state index contributed by atoms with van der Waals surface area (Å²) in [6.07, 6.45) is 3.73. The Labute approximate surface area is 101 Å². The SMILES string of the molecule is BC(=O)Nc1ccc2c(c1)Bc1cnccc1-2. The molecule has 17 heavy (non-hydrogen) atoms. The van der Waals surface area contributed by atoms with Gasteiger partial charge in [0.05, 0.1) is 0 Å². The number of hydrogen-bond donors (Lipinski definition) is 1. The molecular weight excluding hydrogens is 210 g/mol. The van der Waals surface area contributed by atoms with Crippen LogP contribution in [0.4, 0.5) is 10.5 Å². The minimum Gasteiger partial charge on any atom is -0.336 e. The van der Waals surface area contributed by atoms with Crippen LogP contribution in [0.5, 0.6) is 0 Å². The fourth-order valence-corrected chi connectivity index (χ4v) is 2.32. The van der Waals surface area contributed by atoms with Crippen molar-refractivity contribution in [2.75, 3.05) is 5.32 Å². The van der Waals surface area contributed by atoms with E-state index in [2.05, 4.69) is 16.4 Å². The molecule has 3 nitrogen and oxygen atoms in total. The van der Waals surface area contributed by atoms with E-state index in [1.165, 1.54) is 29.9 Å². The van der Waals surface area contributed by atoms with E-state index in [-0.39, 0.29) is 5.81 Å². The molecule has 0 saturated heterocycles. The minimum absolute atomic E-state index is 0.0397. The van der Waals surface area contributed by atoms with E-state index >= 15 is 0 Å². The quantitative estimate of drug-likeness (QED) is 0.567. The van der Waals surface area contributed by atoms with Gasteiger partial charge in [0.25, 0.3) is 0 Å². The number of pyridine rings is 1. The lowest BCUT2D eigenvalue weighted by Gasteiger charge is -2.05. The molecule has 1 aromatic heterocycles.